The first-order valence-corrected chi connectivity index (χ1v) is 7.64. The molecule has 0 bridgehead atoms. The van der Waals surface area contributed by atoms with Gasteiger partial charge >= 0.3 is 0 Å². The number of hydrogen-bond acceptors (Lipinski definition) is 4. The van der Waals surface area contributed by atoms with Crippen LogP contribution >= 0.6 is 0 Å². The Morgan fingerprint density at radius 1 is 1.17 bits per heavy atom. The average molecular weight is 313 g/mol. The van der Waals surface area contributed by atoms with Crippen LogP contribution in [-0.2, 0) is 0 Å². The standard InChI is InChI=1S/C18H19NO4/c1-2-19(18(21)14-7-3-4-8-15(14)20)11-13-12-22-16-9-5-6-10-17(16)23-13/h3-10,13,20H,2,11-12H2,1H3. The summed E-state index contributed by atoms with van der Waals surface area (Å²) in [5.41, 5.74) is 0.298. The second-order valence-corrected chi connectivity index (χ2v) is 5.36. The quantitative estimate of drug-likeness (QED) is 0.943. The minimum atomic E-state index is -0.236. The molecule has 0 saturated heterocycles. The van der Waals surface area contributed by atoms with Crippen LogP contribution < -0.4 is 9.47 Å². The highest BCUT2D eigenvalue weighted by atomic mass is 16.6. The molecule has 1 N–H and O–H groups in total. The predicted molar refractivity (Wildman–Crippen MR) is 86.0 cm³/mol. The van der Waals surface area contributed by atoms with Crippen molar-refractivity contribution in [3.63, 3.8) is 0 Å². The number of hydrogen-bond donors (Lipinski definition) is 1. The van der Waals surface area contributed by atoms with Crippen LogP contribution in [0.4, 0.5) is 0 Å². The van der Waals surface area contributed by atoms with Crippen molar-refractivity contribution in [1.82, 2.24) is 4.90 Å². The molecule has 3 rings (SSSR count). The number of fused-ring (bicyclic) bond motifs is 1. The highest BCUT2D eigenvalue weighted by Crippen LogP contribution is 2.31. The van der Waals surface area contributed by atoms with Crippen LogP contribution in [0, 0.1) is 0 Å². The molecule has 0 spiro atoms. The first kappa shape index (κ1) is 15.2. The molecule has 2 aromatic carbocycles. The Bertz CT molecular complexity index is 701. The molecule has 1 heterocycles. The summed E-state index contributed by atoms with van der Waals surface area (Å²) in [6.07, 6.45) is -0.236. The molecule has 0 aromatic heterocycles. The number of ether oxygens (including phenoxy) is 2. The van der Waals surface area contributed by atoms with E-state index in [1.54, 1.807) is 23.1 Å². The molecule has 1 aliphatic rings. The van der Waals surface area contributed by atoms with Crippen LogP contribution in [0.2, 0.25) is 0 Å². The molecule has 1 unspecified atom stereocenters. The Morgan fingerprint density at radius 3 is 2.61 bits per heavy atom. The Kier molecular flexibility index (Phi) is 4.37. The fraction of sp³-hybridized carbons (Fsp3) is 0.278. The number of nitrogens with zero attached hydrogens (tertiary/aromatic N) is 1. The largest absolute Gasteiger partial charge is 0.507 e. The average Bonchev–Trinajstić information content (AvgIpc) is 2.59. The fourth-order valence-corrected chi connectivity index (χ4v) is 2.58. The van der Waals surface area contributed by atoms with Gasteiger partial charge in [-0.1, -0.05) is 24.3 Å². The number of likely N-dealkylation sites (N-methyl/N-ethyl adjacent to an activating group) is 1. The normalized spacial score (nSPS) is 16.0. The molecule has 1 amide bonds. The molecule has 5 heteroatoms. The highest BCUT2D eigenvalue weighted by molar-refractivity contribution is 5.96. The first-order valence-electron chi connectivity index (χ1n) is 7.64. The van der Waals surface area contributed by atoms with E-state index in [0.29, 0.717) is 31.0 Å². The van der Waals surface area contributed by atoms with Crippen molar-refractivity contribution >= 4 is 5.91 Å². The van der Waals surface area contributed by atoms with Gasteiger partial charge in [0.1, 0.15) is 12.4 Å². The van der Waals surface area contributed by atoms with Gasteiger partial charge in [0.25, 0.3) is 5.91 Å². The van der Waals surface area contributed by atoms with Crippen molar-refractivity contribution in [3.05, 3.63) is 54.1 Å². The summed E-state index contributed by atoms with van der Waals surface area (Å²) >= 11 is 0. The Balaban J connectivity index is 1.71. The maximum absolute atomic E-state index is 12.6. The van der Waals surface area contributed by atoms with Crippen molar-refractivity contribution in [1.29, 1.82) is 0 Å². The number of carbonyl (C=O) groups excluding carboxylic acids is 1. The number of aromatic hydroxyl groups is 1. The minimum absolute atomic E-state index is 0.0119. The topological polar surface area (TPSA) is 59.0 Å². The lowest BCUT2D eigenvalue weighted by Gasteiger charge is -2.31. The van der Waals surface area contributed by atoms with Gasteiger partial charge in [-0.3, -0.25) is 4.79 Å². The molecule has 1 aliphatic heterocycles. The van der Waals surface area contributed by atoms with Gasteiger partial charge in [0.2, 0.25) is 0 Å². The monoisotopic (exact) mass is 313 g/mol. The van der Waals surface area contributed by atoms with E-state index >= 15 is 0 Å². The maximum Gasteiger partial charge on any atom is 0.257 e. The summed E-state index contributed by atoms with van der Waals surface area (Å²) in [4.78, 5) is 14.2. The van der Waals surface area contributed by atoms with Gasteiger partial charge in [0, 0.05) is 6.54 Å². The second kappa shape index (κ2) is 6.60. The Hall–Kier alpha value is -2.69. The van der Waals surface area contributed by atoms with E-state index in [1.165, 1.54) is 6.07 Å². The third kappa shape index (κ3) is 3.23. The van der Waals surface area contributed by atoms with Gasteiger partial charge < -0.3 is 19.5 Å². The molecule has 2 aromatic rings. The lowest BCUT2D eigenvalue weighted by Crippen LogP contribution is -2.43. The zero-order chi connectivity index (χ0) is 16.2. The van der Waals surface area contributed by atoms with Crippen LogP contribution in [-0.4, -0.2) is 41.7 Å². The van der Waals surface area contributed by atoms with Gasteiger partial charge in [-0.25, -0.2) is 0 Å². The zero-order valence-electron chi connectivity index (χ0n) is 12.9. The van der Waals surface area contributed by atoms with Crippen LogP contribution in [0.1, 0.15) is 17.3 Å². The molecule has 23 heavy (non-hydrogen) atoms. The third-order valence-corrected chi connectivity index (χ3v) is 3.79. The van der Waals surface area contributed by atoms with E-state index in [2.05, 4.69) is 0 Å². The third-order valence-electron chi connectivity index (χ3n) is 3.79. The number of carbonyl (C=O) groups is 1. The Labute approximate surface area is 135 Å². The van der Waals surface area contributed by atoms with E-state index < -0.39 is 0 Å². The molecule has 0 saturated carbocycles. The smallest absolute Gasteiger partial charge is 0.257 e. The van der Waals surface area contributed by atoms with Gasteiger partial charge in [0.15, 0.2) is 17.6 Å². The number of amides is 1. The van der Waals surface area contributed by atoms with Crippen molar-refractivity contribution in [2.75, 3.05) is 19.7 Å². The maximum atomic E-state index is 12.6. The van der Waals surface area contributed by atoms with E-state index in [9.17, 15) is 9.90 Å². The summed E-state index contributed by atoms with van der Waals surface area (Å²) in [5.74, 6) is 1.18. The van der Waals surface area contributed by atoms with E-state index in [4.69, 9.17) is 9.47 Å². The van der Waals surface area contributed by atoms with E-state index in [0.717, 1.165) is 5.75 Å². The molecular weight excluding hydrogens is 294 g/mol. The molecule has 1 atom stereocenters. The van der Waals surface area contributed by atoms with Crippen LogP contribution in [0.5, 0.6) is 17.2 Å². The zero-order valence-corrected chi connectivity index (χ0v) is 12.9. The summed E-state index contributed by atoms with van der Waals surface area (Å²) < 4.78 is 11.6. The van der Waals surface area contributed by atoms with Crippen LogP contribution in [0.25, 0.3) is 0 Å². The molecule has 5 nitrogen and oxygen atoms in total. The summed E-state index contributed by atoms with van der Waals surface area (Å²) in [6, 6.07) is 14.0. The minimum Gasteiger partial charge on any atom is -0.507 e. The number of benzene rings is 2. The fourth-order valence-electron chi connectivity index (χ4n) is 2.58. The number of rotatable bonds is 4. The number of phenols is 1. The SMILES string of the molecule is CCN(CC1COc2ccccc2O1)C(=O)c1ccccc1O. The van der Waals surface area contributed by atoms with Crippen molar-refractivity contribution in [3.8, 4) is 17.2 Å². The summed E-state index contributed by atoms with van der Waals surface area (Å²) in [7, 11) is 0. The predicted octanol–water partition coefficient (Wildman–Crippen LogP) is 2.69. The molecule has 0 radical (unpaired) electrons. The number of para-hydroxylation sites is 3. The molecular formula is C18H19NO4. The van der Waals surface area contributed by atoms with Crippen molar-refractivity contribution in [2.24, 2.45) is 0 Å². The summed E-state index contributed by atoms with van der Waals surface area (Å²) in [5, 5.41) is 9.86. The molecule has 120 valence electrons. The first-order chi connectivity index (χ1) is 11.2. The van der Waals surface area contributed by atoms with Crippen molar-refractivity contribution in [2.45, 2.75) is 13.0 Å². The van der Waals surface area contributed by atoms with Crippen LogP contribution in [0.15, 0.2) is 48.5 Å². The lowest BCUT2D eigenvalue weighted by atomic mass is 10.1. The van der Waals surface area contributed by atoms with Gasteiger partial charge in [0.05, 0.1) is 12.1 Å². The molecule has 0 aliphatic carbocycles. The number of phenolic OH excluding ortho intramolecular Hbond substituents is 1. The van der Waals surface area contributed by atoms with E-state index in [-0.39, 0.29) is 17.8 Å². The van der Waals surface area contributed by atoms with Crippen molar-refractivity contribution < 1.29 is 19.4 Å². The van der Waals surface area contributed by atoms with Crippen LogP contribution in [0.3, 0.4) is 0 Å². The highest BCUT2D eigenvalue weighted by Gasteiger charge is 2.26. The molecule has 0 fully saturated rings. The van der Waals surface area contributed by atoms with Gasteiger partial charge in [-0.2, -0.15) is 0 Å². The lowest BCUT2D eigenvalue weighted by molar-refractivity contribution is 0.0473. The Morgan fingerprint density at radius 2 is 1.87 bits per heavy atom. The van der Waals surface area contributed by atoms with E-state index in [1.807, 2.05) is 31.2 Å². The summed E-state index contributed by atoms with van der Waals surface area (Å²) in [6.45, 7) is 3.21. The second-order valence-electron chi connectivity index (χ2n) is 5.36. The van der Waals surface area contributed by atoms with Gasteiger partial charge in [-0.15, -0.1) is 0 Å². The van der Waals surface area contributed by atoms with Gasteiger partial charge in [-0.05, 0) is 31.2 Å².